The molecule has 0 aromatic heterocycles. The smallest absolute Gasteiger partial charge is 0.445 e. The van der Waals surface area contributed by atoms with Gasteiger partial charge in [-0.2, -0.15) is 0 Å². The fourth-order valence-corrected chi connectivity index (χ4v) is 1.67. The van der Waals surface area contributed by atoms with Crippen LogP contribution in [0, 0.1) is 0 Å². The summed E-state index contributed by atoms with van der Waals surface area (Å²) in [5, 5.41) is 0. The number of amides is 1. The molecule has 1 aliphatic rings. The van der Waals surface area contributed by atoms with Gasteiger partial charge in [-0.3, -0.25) is 4.79 Å². The van der Waals surface area contributed by atoms with E-state index in [4.69, 9.17) is 0 Å². The molecular formula is C9H8BF3NO-. The van der Waals surface area contributed by atoms with Crippen molar-refractivity contribution in [2.45, 2.75) is 6.54 Å². The second kappa shape index (κ2) is 3.02. The molecule has 2 rings (SSSR count). The van der Waals surface area contributed by atoms with E-state index >= 15 is 0 Å². The van der Waals surface area contributed by atoms with Crippen LogP contribution in [-0.4, -0.2) is 24.8 Å². The Hall–Kier alpha value is -1.46. The zero-order valence-electron chi connectivity index (χ0n) is 8.01. The molecule has 0 atom stereocenters. The number of rotatable bonds is 1. The number of hydrogen-bond acceptors (Lipinski definition) is 1. The zero-order valence-corrected chi connectivity index (χ0v) is 8.01. The van der Waals surface area contributed by atoms with E-state index in [1.807, 2.05) is 0 Å². The predicted octanol–water partition coefficient (Wildman–Crippen LogP) is 1.33. The van der Waals surface area contributed by atoms with E-state index < -0.39 is 12.4 Å². The molecule has 1 amide bonds. The first kappa shape index (κ1) is 10.1. The summed E-state index contributed by atoms with van der Waals surface area (Å²) in [5.41, 5.74) is 0.123. The normalized spacial score (nSPS) is 15.7. The molecule has 2 nitrogen and oxygen atoms in total. The van der Waals surface area contributed by atoms with Gasteiger partial charge in [0.25, 0.3) is 5.91 Å². The van der Waals surface area contributed by atoms with E-state index in [0.29, 0.717) is 12.1 Å². The molecule has 80 valence electrons. The highest BCUT2D eigenvalue weighted by Crippen LogP contribution is 2.21. The van der Waals surface area contributed by atoms with E-state index in [1.54, 1.807) is 7.05 Å². The minimum Gasteiger partial charge on any atom is -0.445 e. The van der Waals surface area contributed by atoms with Crippen molar-refractivity contribution >= 4 is 18.3 Å². The first-order valence-electron chi connectivity index (χ1n) is 4.48. The predicted molar refractivity (Wildman–Crippen MR) is 51.0 cm³/mol. The van der Waals surface area contributed by atoms with Crippen molar-refractivity contribution < 1.29 is 17.7 Å². The Balaban J connectivity index is 2.49. The minimum atomic E-state index is -5.03. The molecule has 0 aliphatic carbocycles. The standard InChI is InChI=1S/C9H8BF3NO/c1-14-5-6-2-3-7(10(11,12)13)4-8(6)9(14)15/h2-4H,5H2,1H3/q-1. The number of hydrogen-bond donors (Lipinski definition) is 0. The lowest BCUT2D eigenvalue weighted by atomic mass is 9.79. The van der Waals surface area contributed by atoms with Gasteiger partial charge in [0, 0.05) is 19.2 Å². The van der Waals surface area contributed by atoms with E-state index in [2.05, 4.69) is 0 Å². The SMILES string of the molecule is CN1Cc2ccc([B-](F)(F)F)cc2C1=O. The monoisotopic (exact) mass is 214 g/mol. The van der Waals surface area contributed by atoms with Crippen LogP contribution in [0.1, 0.15) is 15.9 Å². The Labute approximate surface area is 84.7 Å². The van der Waals surface area contributed by atoms with Crippen LogP contribution < -0.4 is 5.46 Å². The van der Waals surface area contributed by atoms with E-state index in [-0.39, 0.29) is 11.5 Å². The van der Waals surface area contributed by atoms with E-state index in [0.717, 1.165) is 12.1 Å². The van der Waals surface area contributed by atoms with Gasteiger partial charge in [-0.15, -0.1) is 5.46 Å². The van der Waals surface area contributed by atoms with Crippen LogP contribution in [0.4, 0.5) is 12.9 Å². The maximum Gasteiger partial charge on any atom is 0.509 e. The lowest BCUT2D eigenvalue weighted by Gasteiger charge is -2.15. The summed E-state index contributed by atoms with van der Waals surface area (Å²) >= 11 is 0. The van der Waals surface area contributed by atoms with Gasteiger partial charge >= 0.3 is 6.98 Å². The second-order valence-corrected chi connectivity index (χ2v) is 3.65. The molecule has 0 unspecified atom stereocenters. The van der Waals surface area contributed by atoms with Crippen LogP contribution in [0.2, 0.25) is 0 Å². The van der Waals surface area contributed by atoms with Gasteiger partial charge < -0.3 is 17.8 Å². The van der Waals surface area contributed by atoms with Crippen molar-refractivity contribution in [3.05, 3.63) is 29.3 Å². The van der Waals surface area contributed by atoms with Gasteiger partial charge in [-0.25, -0.2) is 0 Å². The summed E-state index contributed by atoms with van der Waals surface area (Å²) < 4.78 is 37.3. The van der Waals surface area contributed by atoms with Gasteiger partial charge in [0.2, 0.25) is 0 Å². The molecule has 0 N–H and O–H groups in total. The first-order valence-corrected chi connectivity index (χ1v) is 4.48. The summed E-state index contributed by atoms with van der Waals surface area (Å²) in [6.07, 6.45) is 0. The average Bonchev–Trinajstić information content (AvgIpc) is 2.41. The third-order valence-electron chi connectivity index (χ3n) is 2.50. The Morgan fingerprint density at radius 2 is 2.00 bits per heavy atom. The maximum atomic E-state index is 12.4. The molecule has 1 heterocycles. The third-order valence-corrected chi connectivity index (χ3v) is 2.50. The van der Waals surface area contributed by atoms with Crippen molar-refractivity contribution in [3.8, 4) is 0 Å². The van der Waals surface area contributed by atoms with Gasteiger partial charge in [0.05, 0.1) is 0 Å². The molecule has 6 heteroatoms. The lowest BCUT2D eigenvalue weighted by Crippen LogP contribution is -2.34. The van der Waals surface area contributed by atoms with Gasteiger partial charge in [-0.1, -0.05) is 18.2 Å². The fourth-order valence-electron chi connectivity index (χ4n) is 1.67. The van der Waals surface area contributed by atoms with Crippen LogP contribution in [-0.2, 0) is 6.54 Å². The average molecular weight is 214 g/mol. The van der Waals surface area contributed by atoms with E-state index in [9.17, 15) is 17.7 Å². The molecule has 0 saturated carbocycles. The van der Waals surface area contributed by atoms with Crippen molar-refractivity contribution in [3.63, 3.8) is 0 Å². The molecular weight excluding hydrogens is 206 g/mol. The minimum absolute atomic E-state index is 0.175. The molecule has 0 bridgehead atoms. The highest BCUT2D eigenvalue weighted by Gasteiger charge is 2.30. The number of fused-ring (bicyclic) bond motifs is 1. The largest absolute Gasteiger partial charge is 0.509 e. The van der Waals surface area contributed by atoms with Crippen molar-refractivity contribution in [2.75, 3.05) is 7.05 Å². The fraction of sp³-hybridized carbons (Fsp3) is 0.222. The van der Waals surface area contributed by atoms with Crippen LogP contribution in [0.25, 0.3) is 0 Å². The van der Waals surface area contributed by atoms with Crippen molar-refractivity contribution in [2.24, 2.45) is 0 Å². The molecule has 15 heavy (non-hydrogen) atoms. The number of carbonyl (C=O) groups excluding carboxylic acids is 1. The van der Waals surface area contributed by atoms with Crippen molar-refractivity contribution in [1.82, 2.24) is 4.90 Å². The summed E-state index contributed by atoms with van der Waals surface area (Å²) in [6.45, 7) is -4.64. The summed E-state index contributed by atoms with van der Waals surface area (Å²) in [7, 11) is 1.57. The Kier molecular flexibility index (Phi) is 2.03. The maximum absolute atomic E-state index is 12.4. The molecule has 1 aromatic rings. The number of nitrogens with zero attached hydrogens (tertiary/aromatic N) is 1. The number of benzene rings is 1. The van der Waals surface area contributed by atoms with Gasteiger partial charge in [0.1, 0.15) is 0 Å². The molecule has 0 spiro atoms. The molecule has 1 aliphatic heterocycles. The van der Waals surface area contributed by atoms with Crippen LogP contribution in [0.3, 0.4) is 0 Å². The third kappa shape index (κ3) is 1.60. The van der Waals surface area contributed by atoms with Crippen molar-refractivity contribution in [1.29, 1.82) is 0 Å². The summed E-state index contributed by atoms with van der Waals surface area (Å²) in [4.78, 5) is 12.8. The Morgan fingerprint density at radius 3 is 2.60 bits per heavy atom. The number of halogens is 3. The molecule has 0 radical (unpaired) electrons. The Morgan fingerprint density at radius 1 is 1.33 bits per heavy atom. The van der Waals surface area contributed by atoms with Gasteiger partial charge in [0.15, 0.2) is 0 Å². The highest BCUT2D eigenvalue weighted by molar-refractivity contribution is 6.73. The highest BCUT2D eigenvalue weighted by atomic mass is 19.4. The molecule has 0 fully saturated rings. The van der Waals surface area contributed by atoms with E-state index in [1.165, 1.54) is 11.0 Å². The lowest BCUT2D eigenvalue weighted by molar-refractivity contribution is 0.0816. The topological polar surface area (TPSA) is 20.3 Å². The molecule has 0 saturated heterocycles. The van der Waals surface area contributed by atoms with Crippen LogP contribution in [0.5, 0.6) is 0 Å². The summed E-state index contributed by atoms with van der Waals surface area (Å²) in [6, 6.07) is 3.35. The number of carbonyl (C=O) groups is 1. The second-order valence-electron chi connectivity index (χ2n) is 3.65. The molecule has 1 aromatic carbocycles. The quantitative estimate of drug-likeness (QED) is 0.645. The summed E-state index contributed by atoms with van der Waals surface area (Å²) in [5.74, 6) is -0.341. The van der Waals surface area contributed by atoms with Crippen LogP contribution >= 0.6 is 0 Å². The Bertz CT molecular complexity index is 430. The van der Waals surface area contributed by atoms with Gasteiger partial charge in [-0.05, 0) is 5.56 Å². The zero-order chi connectivity index (χ0) is 11.2. The first-order chi connectivity index (χ1) is 6.89. The van der Waals surface area contributed by atoms with Crippen LogP contribution in [0.15, 0.2) is 18.2 Å².